The van der Waals surface area contributed by atoms with Gasteiger partial charge < -0.3 is 5.32 Å². The van der Waals surface area contributed by atoms with Gasteiger partial charge in [-0.1, -0.05) is 24.9 Å². The Morgan fingerprint density at radius 1 is 1.48 bits per heavy atom. The Bertz CT molecular complexity index is 687. The van der Waals surface area contributed by atoms with Gasteiger partial charge in [-0.25, -0.2) is 17.9 Å². The fourth-order valence-corrected chi connectivity index (χ4v) is 3.12. The van der Waals surface area contributed by atoms with E-state index in [1.807, 2.05) is 0 Å². The third-order valence-corrected chi connectivity index (χ3v) is 5.05. The van der Waals surface area contributed by atoms with Gasteiger partial charge in [0.15, 0.2) is 0 Å². The van der Waals surface area contributed by atoms with Crippen LogP contribution in [0.3, 0.4) is 0 Å². The molecule has 0 aliphatic heterocycles. The topological polar surface area (TPSA) is 89.3 Å². The van der Waals surface area contributed by atoms with Crippen molar-refractivity contribution in [2.45, 2.75) is 31.1 Å². The van der Waals surface area contributed by atoms with Gasteiger partial charge in [-0.2, -0.15) is 0 Å². The highest BCUT2D eigenvalue weighted by Crippen LogP contribution is 2.39. The molecule has 1 aliphatic rings. The summed E-state index contributed by atoms with van der Waals surface area (Å²) in [4.78, 5) is 11.3. The summed E-state index contributed by atoms with van der Waals surface area (Å²) in [7, 11) is -4.26. The van der Waals surface area contributed by atoms with E-state index in [-0.39, 0.29) is 16.0 Å². The van der Waals surface area contributed by atoms with E-state index >= 15 is 0 Å². The smallest absolute Gasteiger partial charge is 0.252 e. The Balaban J connectivity index is 2.24. The number of carbonyl (C=O) groups excluding carboxylic acids is 1. The van der Waals surface area contributed by atoms with Crippen molar-refractivity contribution in [2.75, 3.05) is 6.54 Å². The van der Waals surface area contributed by atoms with Gasteiger partial charge in [0.05, 0.1) is 10.6 Å². The minimum absolute atomic E-state index is 0.0605. The lowest BCUT2D eigenvalue weighted by atomic mass is 9.70. The highest BCUT2D eigenvalue weighted by molar-refractivity contribution is 7.89. The number of hydrogen-bond acceptors (Lipinski definition) is 3. The number of primary sulfonamides is 1. The number of carbonyl (C=O) groups is 1. The van der Waals surface area contributed by atoms with Gasteiger partial charge in [0.25, 0.3) is 5.91 Å². The Morgan fingerprint density at radius 3 is 2.57 bits per heavy atom. The van der Waals surface area contributed by atoms with Crippen LogP contribution >= 0.6 is 11.6 Å². The maximum atomic E-state index is 13.6. The minimum atomic E-state index is -4.26. The van der Waals surface area contributed by atoms with Crippen molar-refractivity contribution >= 4 is 27.5 Å². The van der Waals surface area contributed by atoms with E-state index in [4.69, 9.17) is 16.7 Å². The molecule has 0 heterocycles. The largest absolute Gasteiger partial charge is 0.351 e. The molecule has 8 heteroatoms. The second-order valence-electron chi connectivity index (χ2n) is 5.65. The summed E-state index contributed by atoms with van der Waals surface area (Å²) in [5, 5.41) is 7.45. The van der Waals surface area contributed by atoms with Crippen molar-refractivity contribution in [1.29, 1.82) is 0 Å². The van der Waals surface area contributed by atoms with E-state index < -0.39 is 26.6 Å². The van der Waals surface area contributed by atoms with E-state index in [9.17, 15) is 17.6 Å². The highest BCUT2D eigenvalue weighted by atomic mass is 35.5. The number of halogens is 2. The predicted molar refractivity (Wildman–Crippen MR) is 77.1 cm³/mol. The number of nitrogens with two attached hydrogens (primary N) is 1. The standard InChI is InChI=1S/C13H16ClFN2O3S/c1-13(3-2-4-13)7-17-12(18)8-5-11(21(16,19)20)10(15)6-9(8)14/h5-6H,2-4,7H2,1H3,(H,17,18)(H2,16,19,20). The lowest BCUT2D eigenvalue weighted by Crippen LogP contribution is -2.40. The molecule has 0 spiro atoms. The van der Waals surface area contributed by atoms with Crippen LogP contribution in [0.5, 0.6) is 0 Å². The Hall–Kier alpha value is -1.18. The zero-order valence-electron chi connectivity index (χ0n) is 11.4. The first-order chi connectivity index (χ1) is 9.62. The molecule has 21 heavy (non-hydrogen) atoms. The molecule has 5 nitrogen and oxygen atoms in total. The molecule has 1 aromatic carbocycles. The normalized spacial score (nSPS) is 17.1. The predicted octanol–water partition coefficient (Wildman–Crippen LogP) is 2.05. The first-order valence-corrected chi connectivity index (χ1v) is 8.35. The summed E-state index contributed by atoms with van der Waals surface area (Å²) in [6.45, 7) is 2.52. The number of benzene rings is 1. The highest BCUT2D eigenvalue weighted by Gasteiger charge is 2.32. The van der Waals surface area contributed by atoms with Crippen LogP contribution in [-0.2, 0) is 10.0 Å². The van der Waals surface area contributed by atoms with Crippen LogP contribution < -0.4 is 10.5 Å². The molecular weight excluding hydrogens is 319 g/mol. The van der Waals surface area contributed by atoms with Crippen LogP contribution in [0.15, 0.2) is 17.0 Å². The molecule has 0 unspecified atom stereocenters. The lowest BCUT2D eigenvalue weighted by Gasteiger charge is -2.38. The second kappa shape index (κ2) is 5.55. The molecule has 0 radical (unpaired) electrons. The molecule has 0 bridgehead atoms. The third-order valence-electron chi connectivity index (χ3n) is 3.81. The van der Waals surface area contributed by atoms with Gasteiger partial charge in [-0.05, 0) is 30.4 Å². The van der Waals surface area contributed by atoms with Crippen LogP contribution in [0.1, 0.15) is 36.5 Å². The lowest BCUT2D eigenvalue weighted by molar-refractivity contribution is 0.0890. The van der Waals surface area contributed by atoms with Crippen molar-refractivity contribution < 1.29 is 17.6 Å². The molecule has 1 aromatic rings. The summed E-state index contributed by atoms with van der Waals surface area (Å²) < 4.78 is 36.1. The molecule has 2 rings (SSSR count). The Morgan fingerprint density at radius 2 is 2.10 bits per heavy atom. The molecule has 0 atom stereocenters. The average molecular weight is 335 g/mol. The average Bonchev–Trinajstić information content (AvgIpc) is 2.32. The van der Waals surface area contributed by atoms with Crippen LogP contribution in [-0.4, -0.2) is 20.9 Å². The molecule has 1 fully saturated rings. The fourth-order valence-electron chi connectivity index (χ4n) is 2.27. The van der Waals surface area contributed by atoms with Crippen molar-refractivity contribution in [2.24, 2.45) is 10.6 Å². The summed E-state index contributed by atoms with van der Waals surface area (Å²) >= 11 is 5.81. The van der Waals surface area contributed by atoms with E-state index in [1.165, 1.54) is 0 Å². The Kier molecular flexibility index (Phi) is 4.28. The molecule has 1 aliphatic carbocycles. The number of amides is 1. The van der Waals surface area contributed by atoms with E-state index in [1.54, 1.807) is 0 Å². The second-order valence-corrected chi connectivity index (χ2v) is 7.59. The summed E-state index contributed by atoms with van der Waals surface area (Å²) in [5.41, 5.74) is -0.0460. The molecule has 1 amide bonds. The van der Waals surface area contributed by atoms with Gasteiger partial charge in [0, 0.05) is 6.54 Å². The maximum Gasteiger partial charge on any atom is 0.252 e. The number of rotatable bonds is 4. The molecule has 0 saturated heterocycles. The first kappa shape index (κ1) is 16.2. The molecule has 116 valence electrons. The van der Waals surface area contributed by atoms with Gasteiger partial charge in [0.2, 0.25) is 10.0 Å². The van der Waals surface area contributed by atoms with Gasteiger partial charge >= 0.3 is 0 Å². The molecule has 0 aromatic heterocycles. The Labute approximate surface area is 127 Å². The monoisotopic (exact) mass is 334 g/mol. The zero-order valence-corrected chi connectivity index (χ0v) is 13.0. The fraction of sp³-hybridized carbons (Fsp3) is 0.462. The summed E-state index contributed by atoms with van der Waals surface area (Å²) in [5.74, 6) is -1.62. The van der Waals surface area contributed by atoms with E-state index in [0.29, 0.717) is 6.54 Å². The van der Waals surface area contributed by atoms with Crippen molar-refractivity contribution in [3.8, 4) is 0 Å². The van der Waals surface area contributed by atoms with Crippen LogP contribution in [0.25, 0.3) is 0 Å². The first-order valence-electron chi connectivity index (χ1n) is 6.42. The quantitative estimate of drug-likeness (QED) is 0.883. The molecule has 3 N–H and O–H groups in total. The summed E-state index contributed by atoms with van der Waals surface area (Å²) in [6.07, 6.45) is 3.17. The zero-order chi connectivity index (χ0) is 15.8. The maximum absolute atomic E-state index is 13.6. The number of hydrogen-bond donors (Lipinski definition) is 2. The SMILES string of the molecule is CC1(CNC(=O)c2cc(S(N)(=O)=O)c(F)cc2Cl)CCC1. The molecular formula is C13H16ClFN2O3S. The van der Waals surface area contributed by atoms with E-state index in [2.05, 4.69) is 12.2 Å². The summed E-state index contributed by atoms with van der Waals surface area (Å²) in [6, 6.07) is 1.65. The number of nitrogens with one attached hydrogen (secondary N) is 1. The van der Waals surface area contributed by atoms with Crippen molar-refractivity contribution in [1.82, 2.24) is 5.32 Å². The van der Waals surface area contributed by atoms with Crippen molar-refractivity contribution in [3.63, 3.8) is 0 Å². The van der Waals surface area contributed by atoms with Crippen LogP contribution in [0, 0.1) is 11.2 Å². The minimum Gasteiger partial charge on any atom is -0.351 e. The number of sulfonamides is 1. The van der Waals surface area contributed by atoms with E-state index in [0.717, 1.165) is 31.4 Å². The molecule has 1 saturated carbocycles. The van der Waals surface area contributed by atoms with Crippen LogP contribution in [0.4, 0.5) is 4.39 Å². The third kappa shape index (κ3) is 3.53. The van der Waals surface area contributed by atoms with Gasteiger partial charge in [-0.15, -0.1) is 0 Å². The van der Waals surface area contributed by atoms with Gasteiger partial charge in [0.1, 0.15) is 10.7 Å². The van der Waals surface area contributed by atoms with Crippen molar-refractivity contribution in [3.05, 3.63) is 28.5 Å². The van der Waals surface area contributed by atoms with Gasteiger partial charge in [-0.3, -0.25) is 4.79 Å². The van der Waals surface area contributed by atoms with Crippen LogP contribution in [0.2, 0.25) is 5.02 Å².